The summed E-state index contributed by atoms with van der Waals surface area (Å²) < 4.78 is 2.32. The van der Waals surface area contributed by atoms with Gasteiger partial charge in [-0.15, -0.1) is 0 Å². The van der Waals surface area contributed by atoms with E-state index in [4.69, 9.17) is 4.98 Å². The van der Waals surface area contributed by atoms with E-state index >= 15 is 0 Å². The van der Waals surface area contributed by atoms with Crippen molar-refractivity contribution >= 4 is 22.9 Å². The number of anilines is 1. The average molecular weight is 369 g/mol. The summed E-state index contributed by atoms with van der Waals surface area (Å²) in [5.74, 6) is 1.50. The Labute approximate surface area is 162 Å². The zero-order valence-electron chi connectivity index (χ0n) is 16.9. The quantitative estimate of drug-likeness (QED) is 0.889. The van der Waals surface area contributed by atoms with Gasteiger partial charge in [0.05, 0.1) is 11.0 Å². The molecule has 0 radical (unpaired) electrons. The maximum atomic E-state index is 12.6. The standard InChI is InChI=1S/C22H32N4O/c1-4-26-20-14-16(3)15(2)13-19(20)24-22(26)25-11-9-17(10-12-25)21(27)23-18-7-5-6-8-18/h13-14,17-18H,4-12H2,1-3H3,(H,23,27). The van der Waals surface area contributed by atoms with Crippen LogP contribution in [0, 0.1) is 19.8 Å². The molecule has 1 saturated heterocycles. The molecule has 1 amide bonds. The first-order valence-corrected chi connectivity index (χ1v) is 10.6. The molecule has 5 heteroatoms. The second kappa shape index (κ2) is 7.53. The molecule has 1 saturated carbocycles. The highest BCUT2D eigenvalue weighted by Gasteiger charge is 2.29. The van der Waals surface area contributed by atoms with Crippen LogP contribution >= 0.6 is 0 Å². The first-order chi connectivity index (χ1) is 13.1. The molecule has 146 valence electrons. The lowest BCUT2D eigenvalue weighted by atomic mass is 9.95. The highest BCUT2D eigenvalue weighted by atomic mass is 16.1. The number of hydrogen-bond acceptors (Lipinski definition) is 3. The molecule has 1 aliphatic carbocycles. The predicted octanol–water partition coefficient (Wildman–Crippen LogP) is 3.95. The van der Waals surface area contributed by atoms with E-state index in [1.165, 1.54) is 29.5 Å². The van der Waals surface area contributed by atoms with Gasteiger partial charge in [-0.05, 0) is 69.7 Å². The molecule has 5 nitrogen and oxygen atoms in total. The largest absolute Gasteiger partial charge is 0.353 e. The Balaban J connectivity index is 1.47. The number of aromatic nitrogens is 2. The van der Waals surface area contributed by atoms with E-state index in [9.17, 15) is 4.79 Å². The highest BCUT2D eigenvalue weighted by molar-refractivity contribution is 5.81. The summed E-state index contributed by atoms with van der Waals surface area (Å²) in [4.78, 5) is 19.9. The summed E-state index contributed by atoms with van der Waals surface area (Å²) in [6, 6.07) is 4.88. The number of piperidine rings is 1. The number of nitrogens with zero attached hydrogens (tertiary/aromatic N) is 3. The highest BCUT2D eigenvalue weighted by Crippen LogP contribution is 2.29. The monoisotopic (exact) mass is 368 g/mol. The fourth-order valence-corrected chi connectivity index (χ4v) is 4.65. The summed E-state index contributed by atoms with van der Waals surface area (Å²) in [7, 11) is 0. The van der Waals surface area contributed by atoms with Gasteiger partial charge in [-0.2, -0.15) is 0 Å². The molecule has 0 atom stereocenters. The van der Waals surface area contributed by atoms with Gasteiger partial charge in [0.15, 0.2) is 0 Å². The lowest BCUT2D eigenvalue weighted by molar-refractivity contribution is -0.126. The number of carbonyl (C=O) groups excluding carboxylic acids is 1. The van der Waals surface area contributed by atoms with Gasteiger partial charge in [0.1, 0.15) is 0 Å². The maximum absolute atomic E-state index is 12.6. The van der Waals surface area contributed by atoms with Gasteiger partial charge in [0, 0.05) is 31.6 Å². The molecule has 2 aromatic rings. The molecule has 27 heavy (non-hydrogen) atoms. The van der Waals surface area contributed by atoms with Crippen molar-refractivity contribution in [1.82, 2.24) is 14.9 Å². The molecule has 2 fully saturated rings. The van der Waals surface area contributed by atoms with Gasteiger partial charge in [0.25, 0.3) is 0 Å². The first-order valence-electron chi connectivity index (χ1n) is 10.6. The van der Waals surface area contributed by atoms with Crippen molar-refractivity contribution in [2.45, 2.75) is 71.9 Å². The van der Waals surface area contributed by atoms with Crippen LogP contribution in [0.4, 0.5) is 5.95 Å². The number of fused-ring (bicyclic) bond motifs is 1. The van der Waals surface area contributed by atoms with Gasteiger partial charge in [-0.1, -0.05) is 12.8 Å². The molecular weight excluding hydrogens is 336 g/mol. The molecule has 0 spiro atoms. The molecule has 1 aromatic heterocycles. The Kier molecular flexibility index (Phi) is 5.11. The fraction of sp³-hybridized carbons (Fsp3) is 0.636. The van der Waals surface area contributed by atoms with E-state index in [2.05, 4.69) is 47.7 Å². The van der Waals surface area contributed by atoms with Crippen LogP contribution in [0.5, 0.6) is 0 Å². The minimum atomic E-state index is 0.158. The van der Waals surface area contributed by atoms with Crippen LogP contribution in [-0.2, 0) is 11.3 Å². The predicted molar refractivity (Wildman–Crippen MR) is 110 cm³/mol. The van der Waals surface area contributed by atoms with Crippen molar-refractivity contribution in [1.29, 1.82) is 0 Å². The minimum Gasteiger partial charge on any atom is -0.353 e. The number of imidazole rings is 1. The van der Waals surface area contributed by atoms with Crippen LogP contribution in [-0.4, -0.2) is 34.6 Å². The van der Waals surface area contributed by atoms with Gasteiger partial charge < -0.3 is 14.8 Å². The zero-order valence-corrected chi connectivity index (χ0v) is 16.9. The third-order valence-corrected chi connectivity index (χ3v) is 6.51. The molecule has 1 N–H and O–H groups in total. The van der Waals surface area contributed by atoms with Gasteiger partial charge in [-0.3, -0.25) is 4.79 Å². The van der Waals surface area contributed by atoms with Crippen molar-refractivity contribution in [2.75, 3.05) is 18.0 Å². The summed E-state index contributed by atoms with van der Waals surface area (Å²) >= 11 is 0. The summed E-state index contributed by atoms with van der Waals surface area (Å²) in [6.07, 6.45) is 6.67. The second-order valence-corrected chi connectivity index (χ2v) is 8.33. The molecule has 0 unspecified atom stereocenters. The van der Waals surface area contributed by atoms with E-state index < -0.39 is 0 Å². The van der Waals surface area contributed by atoms with E-state index in [0.29, 0.717) is 6.04 Å². The fourth-order valence-electron chi connectivity index (χ4n) is 4.65. The van der Waals surface area contributed by atoms with Gasteiger partial charge >= 0.3 is 0 Å². The smallest absolute Gasteiger partial charge is 0.223 e. The third-order valence-electron chi connectivity index (χ3n) is 6.51. The van der Waals surface area contributed by atoms with Crippen molar-refractivity contribution in [3.8, 4) is 0 Å². The average Bonchev–Trinajstić information content (AvgIpc) is 3.29. The second-order valence-electron chi connectivity index (χ2n) is 8.33. The first kappa shape index (κ1) is 18.3. The SMILES string of the molecule is CCn1c(N2CCC(C(=O)NC3CCCC3)CC2)nc2cc(C)c(C)cc21. The number of rotatable bonds is 4. The molecule has 4 rings (SSSR count). The summed E-state index contributed by atoms with van der Waals surface area (Å²) in [6.45, 7) is 9.22. The maximum Gasteiger partial charge on any atom is 0.223 e. The number of amides is 1. The van der Waals surface area contributed by atoms with E-state index in [-0.39, 0.29) is 11.8 Å². The van der Waals surface area contributed by atoms with Crippen molar-refractivity contribution in [2.24, 2.45) is 5.92 Å². The molecule has 2 heterocycles. The Morgan fingerprint density at radius 2 is 1.78 bits per heavy atom. The van der Waals surface area contributed by atoms with Gasteiger partial charge in [0.2, 0.25) is 11.9 Å². The molecule has 2 aliphatic rings. The van der Waals surface area contributed by atoms with Crippen LogP contribution in [0.3, 0.4) is 0 Å². The van der Waals surface area contributed by atoms with Crippen LogP contribution in [0.15, 0.2) is 12.1 Å². The normalized spacial score (nSPS) is 19.1. The van der Waals surface area contributed by atoms with Crippen LogP contribution in [0.25, 0.3) is 11.0 Å². The van der Waals surface area contributed by atoms with Crippen LogP contribution in [0.2, 0.25) is 0 Å². The van der Waals surface area contributed by atoms with Crippen molar-refractivity contribution in [3.63, 3.8) is 0 Å². The van der Waals surface area contributed by atoms with E-state index in [1.54, 1.807) is 0 Å². The lowest BCUT2D eigenvalue weighted by Gasteiger charge is -2.32. The molecule has 0 bridgehead atoms. The topological polar surface area (TPSA) is 50.2 Å². The Hall–Kier alpha value is -2.04. The summed E-state index contributed by atoms with van der Waals surface area (Å²) in [5, 5.41) is 3.28. The van der Waals surface area contributed by atoms with E-state index in [1.807, 2.05) is 0 Å². The number of hydrogen-bond donors (Lipinski definition) is 1. The lowest BCUT2D eigenvalue weighted by Crippen LogP contribution is -2.43. The van der Waals surface area contributed by atoms with Crippen molar-refractivity contribution < 1.29 is 4.79 Å². The van der Waals surface area contributed by atoms with E-state index in [0.717, 1.165) is 56.8 Å². The van der Waals surface area contributed by atoms with Crippen molar-refractivity contribution in [3.05, 3.63) is 23.3 Å². The van der Waals surface area contributed by atoms with Gasteiger partial charge in [-0.25, -0.2) is 4.98 Å². The summed E-state index contributed by atoms with van der Waals surface area (Å²) in [5.41, 5.74) is 4.90. The number of benzene rings is 1. The zero-order chi connectivity index (χ0) is 19.0. The van der Waals surface area contributed by atoms with Crippen LogP contribution < -0.4 is 10.2 Å². The third kappa shape index (κ3) is 3.56. The number of aryl methyl sites for hydroxylation is 3. The molecule has 1 aliphatic heterocycles. The Bertz CT molecular complexity index is 826. The Morgan fingerprint density at radius 1 is 1.11 bits per heavy atom. The number of nitrogens with one attached hydrogen (secondary N) is 1. The van der Waals surface area contributed by atoms with Crippen LogP contribution in [0.1, 0.15) is 56.6 Å². The molecular formula is C22H32N4O. The Morgan fingerprint density at radius 3 is 2.44 bits per heavy atom. The number of carbonyl (C=O) groups is 1. The minimum absolute atomic E-state index is 0.158. The molecule has 1 aromatic carbocycles.